The average Bonchev–Trinajstić information content (AvgIpc) is 2.67. The zero-order valence-corrected chi connectivity index (χ0v) is 15.3. The Bertz CT molecular complexity index is 636. The first-order chi connectivity index (χ1) is 12.2. The van der Waals surface area contributed by atoms with Crippen LogP contribution in [-0.4, -0.2) is 44.2 Å². The van der Waals surface area contributed by atoms with Crippen molar-refractivity contribution in [3.63, 3.8) is 0 Å². The number of likely N-dealkylation sites (N-methyl/N-ethyl adjacent to an activating group) is 1. The van der Waals surface area contributed by atoms with Gasteiger partial charge < -0.3 is 14.4 Å². The third-order valence-corrected chi connectivity index (χ3v) is 4.36. The molecule has 4 nitrogen and oxygen atoms in total. The molecule has 1 unspecified atom stereocenters. The third kappa shape index (κ3) is 5.33. The van der Waals surface area contributed by atoms with Crippen LogP contribution in [0.2, 0.25) is 0 Å². The predicted molar refractivity (Wildman–Crippen MR) is 100 cm³/mol. The van der Waals surface area contributed by atoms with E-state index in [1.165, 1.54) is 0 Å². The van der Waals surface area contributed by atoms with Crippen molar-refractivity contribution in [2.75, 3.05) is 33.4 Å². The van der Waals surface area contributed by atoms with Crippen LogP contribution in [0.15, 0.2) is 54.6 Å². The summed E-state index contributed by atoms with van der Waals surface area (Å²) in [6.45, 7) is 7.27. The lowest BCUT2D eigenvalue weighted by atomic mass is 9.91. The van der Waals surface area contributed by atoms with Crippen molar-refractivity contribution in [1.29, 1.82) is 0 Å². The molecule has 0 fully saturated rings. The summed E-state index contributed by atoms with van der Waals surface area (Å²) in [5.41, 5.74) is 1.83. The minimum absolute atomic E-state index is 0.219. The second-order valence-corrected chi connectivity index (χ2v) is 5.81. The van der Waals surface area contributed by atoms with Crippen molar-refractivity contribution in [3.8, 4) is 5.75 Å². The summed E-state index contributed by atoms with van der Waals surface area (Å²) in [6.07, 6.45) is 0. The average molecular weight is 341 g/mol. The van der Waals surface area contributed by atoms with Crippen LogP contribution in [0.4, 0.5) is 0 Å². The highest BCUT2D eigenvalue weighted by Gasteiger charge is 2.24. The number of carbonyl (C=O) groups is 1. The minimum Gasteiger partial charge on any atom is -0.497 e. The number of nitrogens with zero attached hydrogens (tertiary/aromatic N) is 1. The predicted octanol–water partition coefficient (Wildman–Crippen LogP) is 3.71. The Labute approximate surface area is 150 Å². The topological polar surface area (TPSA) is 38.8 Å². The zero-order chi connectivity index (χ0) is 18.1. The third-order valence-electron chi connectivity index (χ3n) is 4.36. The Morgan fingerprint density at radius 3 is 2.12 bits per heavy atom. The van der Waals surface area contributed by atoms with Gasteiger partial charge in [-0.25, -0.2) is 0 Å². The van der Waals surface area contributed by atoms with Crippen LogP contribution >= 0.6 is 0 Å². The molecule has 0 saturated carbocycles. The van der Waals surface area contributed by atoms with E-state index in [1.807, 2.05) is 54.6 Å². The molecular formula is C21H27NO3. The van der Waals surface area contributed by atoms with Crippen molar-refractivity contribution in [2.24, 2.45) is 0 Å². The Hall–Kier alpha value is -2.33. The van der Waals surface area contributed by atoms with E-state index in [0.29, 0.717) is 6.61 Å². The summed E-state index contributed by atoms with van der Waals surface area (Å²) in [7, 11) is 1.63. The SMILES string of the molecule is CCN(CC)CCOC(=O)C(c1ccccc1)c1ccc(OC)cc1. The molecule has 2 aromatic rings. The first-order valence-electron chi connectivity index (χ1n) is 8.77. The first kappa shape index (κ1) is 19.0. The van der Waals surface area contributed by atoms with E-state index in [1.54, 1.807) is 7.11 Å². The van der Waals surface area contributed by atoms with Crippen LogP contribution in [0.3, 0.4) is 0 Å². The van der Waals surface area contributed by atoms with E-state index >= 15 is 0 Å². The van der Waals surface area contributed by atoms with Crippen LogP contribution in [-0.2, 0) is 9.53 Å². The van der Waals surface area contributed by atoms with Gasteiger partial charge in [0.1, 0.15) is 18.3 Å². The molecule has 2 rings (SSSR count). The molecule has 0 heterocycles. The molecule has 1 atom stereocenters. The quantitative estimate of drug-likeness (QED) is 0.652. The molecule has 0 aliphatic heterocycles. The number of esters is 1. The van der Waals surface area contributed by atoms with E-state index in [9.17, 15) is 4.79 Å². The molecule has 0 amide bonds. The zero-order valence-electron chi connectivity index (χ0n) is 15.3. The van der Waals surface area contributed by atoms with Gasteiger partial charge in [-0.15, -0.1) is 0 Å². The van der Waals surface area contributed by atoms with Gasteiger partial charge >= 0.3 is 5.97 Å². The lowest BCUT2D eigenvalue weighted by molar-refractivity contribution is -0.144. The van der Waals surface area contributed by atoms with Crippen LogP contribution < -0.4 is 4.74 Å². The highest BCUT2D eigenvalue weighted by molar-refractivity contribution is 5.82. The van der Waals surface area contributed by atoms with Crippen molar-refractivity contribution in [3.05, 3.63) is 65.7 Å². The summed E-state index contributed by atoms with van der Waals surface area (Å²) in [5, 5.41) is 0. The van der Waals surface area contributed by atoms with Crippen molar-refractivity contribution in [2.45, 2.75) is 19.8 Å². The number of hydrogen-bond donors (Lipinski definition) is 0. The number of ether oxygens (including phenoxy) is 2. The van der Waals surface area contributed by atoms with Crippen LogP contribution in [0.5, 0.6) is 5.75 Å². The molecule has 134 valence electrons. The van der Waals surface area contributed by atoms with Gasteiger partial charge in [0.25, 0.3) is 0 Å². The molecule has 0 bridgehead atoms. The second-order valence-electron chi connectivity index (χ2n) is 5.81. The number of carbonyl (C=O) groups excluding carboxylic acids is 1. The van der Waals surface area contributed by atoms with Crippen LogP contribution in [0.1, 0.15) is 30.9 Å². The first-order valence-corrected chi connectivity index (χ1v) is 8.77. The van der Waals surface area contributed by atoms with E-state index in [2.05, 4.69) is 18.7 Å². The number of methoxy groups -OCH3 is 1. The van der Waals surface area contributed by atoms with Crippen LogP contribution in [0.25, 0.3) is 0 Å². The van der Waals surface area contributed by atoms with Crippen molar-refractivity contribution < 1.29 is 14.3 Å². The Morgan fingerprint density at radius 1 is 0.960 bits per heavy atom. The fraction of sp³-hybridized carbons (Fsp3) is 0.381. The summed E-state index contributed by atoms with van der Waals surface area (Å²) in [6, 6.07) is 17.3. The number of hydrogen-bond acceptors (Lipinski definition) is 4. The normalized spacial score (nSPS) is 12.0. The van der Waals surface area contributed by atoms with E-state index in [-0.39, 0.29) is 5.97 Å². The molecule has 0 spiro atoms. The molecule has 0 aromatic heterocycles. The molecule has 0 aliphatic carbocycles. The molecule has 0 aliphatic rings. The minimum atomic E-state index is -0.427. The molecular weight excluding hydrogens is 314 g/mol. The molecule has 0 radical (unpaired) electrons. The number of rotatable bonds is 9. The maximum Gasteiger partial charge on any atom is 0.317 e. The maximum atomic E-state index is 12.8. The fourth-order valence-corrected chi connectivity index (χ4v) is 2.80. The standard InChI is InChI=1S/C21H27NO3/c1-4-22(5-2)15-16-25-21(23)20(17-9-7-6-8-10-17)18-11-13-19(24-3)14-12-18/h6-14,20H,4-5,15-16H2,1-3H3. The molecule has 4 heteroatoms. The summed E-state index contributed by atoms with van der Waals surface area (Å²) in [4.78, 5) is 15.0. The summed E-state index contributed by atoms with van der Waals surface area (Å²) in [5.74, 6) is 0.123. The Balaban J connectivity index is 2.15. The molecule has 0 saturated heterocycles. The van der Waals surface area contributed by atoms with Crippen molar-refractivity contribution >= 4 is 5.97 Å². The Kier molecular flexibility index (Phi) is 7.48. The van der Waals surface area contributed by atoms with E-state index in [4.69, 9.17) is 9.47 Å². The van der Waals surface area contributed by atoms with Gasteiger partial charge in [0.05, 0.1) is 7.11 Å². The van der Waals surface area contributed by atoms with Gasteiger partial charge in [-0.1, -0.05) is 56.3 Å². The van der Waals surface area contributed by atoms with Gasteiger partial charge in [0.2, 0.25) is 0 Å². The molecule has 25 heavy (non-hydrogen) atoms. The van der Waals surface area contributed by atoms with Crippen molar-refractivity contribution in [1.82, 2.24) is 4.90 Å². The smallest absolute Gasteiger partial charge is 0.317 e. The van der Waals surface area contributed by atoms with E-state index < -0.39 is 5.92 Å². The highest BCUT2D eigenvalue weighted by Crippen LogP contribution is 2.27. The van der Waals surface area contributed by atoms with Crippen LogP contribution in [0, 0.1) is 0 Å². The van der Waals surface area contributed by atoms with Gasteiger partial charge in [0.15, 0.2) is 0 Å². The van der Waals surface area contributed by atoms with Gasteiger partial charge in [-0.05, 0) is 36.3 Å². The molecule has 0 N–H and O–H groups in total. The van der Waals surface area contributed by atoms with Gasteiger partial charge in [0, 0.05) is 6.54 Å². The monoisotopic (exact) mass is 341 g/mol. The Morgan fingerprint density at radius 2 is 1.56 bits per heavy atom. The van der Waals surface area contributed by atoms with Gasteiger partial charge in [-0.3, -0.25) is 4.79 Å². The highest BCUT2D eigenvalue weighted by atomic mass is 16.5. The maximum absolute atomic E-state index is 12.8. The summed E-state index contributed by atoms with van der Waals surface area (Å²) >= 11 is 0. The number of benzene rings is 2. The lowest BCUT2D eigenvalue weighted by Crippen LogP contribution is -2.29. The fourth-order valence-electron chi connectivity index (χ4n) is 2.80. The summed E-state index contributed by atoms with van der Waals surface area (Å²) < 4.78 is 10.8. The van der Waals surface area contributed by atoms with E-state index in [0.717, 1.165) is 36.5 Å². The molecule has 2 aromatic carbocycles. The largest absolute Gasteiger partial charge is 0.497 e. The lowest BCUT2D eigenvalue weighted by Gasteiger charge is -2.20. The second kappa shape index (κ2) is 9.84. The van der Waals surface area contributed by atoms with Gasteiger partial charge in [-0.2, -0.15) is 0 Å².